The molecule has 0 spiro atoms. The van der Waals surface area contributed by atoms with Crippen molar-refractivity contribution < 1.29 is 19.4 Å². The fraction of sp³-hybridized carbons (Fsp3) is 0.833. The van der Waals surface area contributed by atoms with E-state index in [4.69, 9.17) is 9.84 Å². The molecule has 0 aromatic heterocycles. The molecular formula is C12H19NO4. The van der Waals surface area contributed by atoms with E-state index in [1.165, 1.54) is 4.90 Å². The third-order valence-corrected chi connectivity index (χ3v) is 3.66. The summed E-state index contributed by atoms with van der Waals surface area (Å²) < 4.78 is 5.25. The SMILES string of the molecule is O=C(O)C1CCCN1C(=O)CC1CCOCC1. The molecule has 0 saturated carbocycles. The van der Waals surface area contributed by atoms with Crippen molar-refractivity contribution in [3.05, 3.63) is 0 Å². The molecule has 2 fully saturated rings. The summed E-state index contributed by atoms with van der Waals surface area (Å²) in [7, 11) is 0. The molecule has 1 N–H and O–H groups in total. The van der Waals surface area contributed by atoms with E-state index in [0.717, 1.165) is 32.5 Å². The summed E-state index contributed by atoms with van der Waals surface area (Å²) in [5.41, 5.74) is 0. The molecule has 2 heterocycles. The molecule has 0 aliphatic carbocycles. The Kier molecular flexibility index (Phi) is 3.99. The van der Waals surface area contributed by atoms with Crippen LogP contribution in [0.5, 0.6) is 0 Å². The van der Waals surface area contributed by atoms with Gasteiger partial charge in [-0.2, -0.15) is 0 Å². The third kappa shape index (κ3) is 2.97. The topological polar surface area (TPSA) is 66.8 Å². The van der Waals surface area contributed by atoms with Gasteiger partial charge in [0, 0.05) is 26.2 Å². The van der Waals surface area contributed by atoms with Crippen molar-refractivity contribution in [3.63, 3.8) is 0 Å². The highest BCUT2D eigenvalue weighted by atomic mass is 16.5. The van der Waals surface area contributed by atoms with Gasteiger partial charge < -0.3 is 14.7 Å². The van der Waals surface area contributed by atoms with Gasteiger partial charge in [0.2, 0.25) is 5.91 Å². The highest BCUT2D eigenvalue weighted by molar-refractivity contribution is 5.84. The van der Waals surface area contributed by atoms with Crippen LogP contribution >= 0.6 is 0 Å². The van der Waals surface area contributed by atoms with Crippen molar-refractivity contribution in [3.8, 4) is 0 Å². The second-order valence-corrected chi connectivity index (χ2v) is 4.84. The van der Waals surface area contributed by atoms with Gasteiger partial charge in [0.15, 0.2) is 0 Å². The van der Waals surface area contributed by atoms with Crippen LogP contribution in [0, 0.1) is 5.92 Å². The maximum absolute atomic E-state index is 12.1. The van der Waals surface area contributed by atoms with E-state index < -0.39 is 12.0 Å². The molecule has 2 aliphatic heterocycles. The standard InChI is InChI=1S/C12H19NO4/c14-11(8-9-3-6-17-7-4-9)13-5-1-2-10(13)12(15)16/h9-10H,1-8H2,(H,15,16). The largest absolute Gasteiger partial charge is 0.480 e. The molecule has 0 aromatic rings. The van der Waals surface area contributed by atoms with E-state index in [0.29, 0.717) is 25.3 Å². The van der Waals surface area contributed by atoms with E-state index >= 15 is 0 Å². The molecule has 2 aliphatic rings. The minimum Gasteiger partial charge on any atom is -0.480 e. The molecular weight excluding hydrogens is 222 g/mol. The fourth-order valence-electron chi connectivity index (χ4n) is 2.64. The average molecular weight is 241 g/mol. The first-order chi connectivity index (χ1) is 8.18. The lowest BCUT2D eigenvalue weighted by Crippen LogP contribution is -2.41. The van der Waals surface area contributed by atoms with E-state index in [9.17, 15) is 9.59 Å². The number of carbonyl (C=O) groups is 2. The van der Waals surface area contributed by atoms with Crippen LogP contribution in [0.3, 0.4) is 0 Å². The summed E-state index contributed by atoms with van der Waals surface area (Å²) in [6.45, 7) is 2.04. The molecule has 2 saturated heterocycles. The lowest BCUT2D eigenvalue weighted by atomic mass is 9.96. The summed E-state index contributed by atoms with van der Waals surface area (Å²) in [6, 6.07) is -0.595. The number of nitrogens with zero attached hydrogens (tertiary/aromatic N) is 1. The molecule has 96 valence electrons. The Labute approximate surface area is 101 Å². The number of rotatable bonds is 3. The second-order valence-electron chi connectivity index (χ2n) is 4.84. The summed E-state index contributed by atoms with van der Waals surface area (Å²) in [6.07, 6.45) is 3.70. The van der Waals surface area contributed by atoms with Crippen LogP contribution in [-0.2, 0) is 14.3 Å². The molecule has 1 unspecified atom stereocenters. The first-order valence-electron chi connectivity index (χ1n) is 6.28. The van der Waals surface area contributed by atoms with Crippen molar-refractivity contribution in [1.29, 1.82) is 0 Å². The van der Waals surface area contributed by atoms with Gasteiger partial charge in [0.25, 0.3) is 0 Å². The highest BCUT2D eigenvalue weighted by Crippen LogP contribution is 2.23. The Hall–Kier alpha value is -1.10. The average Bonchev–Trinajstić information content (AvgIpc) is 2.79. The molecule has 2 rings (SSSR count). The zero-order valence-corrected chi connectivity index (χ0v) is 9.93. The summed E-state index contributed by atoms with van der Waals surface area (Å²) in [5, 5.41) is 9.02. The minimum absolute atomic E-state index is 0.00167. The predicted molar refractivity (Wildman–Crippen MR) is 60.5 cm³/mol. The molecule has 5 nitrogen and oxygen atoms in total. The Morgan fingerprint density at radius 3 is 2.59 bits per heavy atom. The third-order valence-electron chi connectivity index (χ3n) is 3.66. The number of hydrogen-bond donors (Lipinski definition) is 1. The second kappa shape index (κ2) is 5.49. The highest BCUT2D eigenvalue weighted by Gasteiger charge is 2.34. The van der Waals surface area contributed by atoms with Gasteiger partial charge in [0.1, 0.15) is 6.04 Å². The smallest absolute Gasteiger partial charge is 0.326 e. The molecule has 0 aromatic carbocycles. The van der Waals surface area contributed by atoms with Crippen molar-refractivity contribution in [2.75, 3.05) is 19.8 Å². The molecule has 17 heavy (non-hydrogen) atoms. The number of likely N-dealkylation sites (tertiary alicyclic amines) is 1. The van der Waals surface area contributed by atoms with E-state index in [1.807, 2.05) is 0 Å². The van der Waals surface area contributed by atoms with E-state index in [-0.39, 0.29) is 5.91 Å². The van der Waals surface area contributed by atoms with Gasteiger partial charge in [-0.25, -0.2) is 4.79 Å². The molecule has 0 radical (unpaired) electrons. The van der Waals surface area contributed by atoms with Crippen LogP contribution in [0.15, 0.2) is 0 Å². The number of aliphatic carboxylic acids is 1. The van der Waals surface area contributed by atoms with Crippen LogP contribution in [0.25, 0.3) is 0 Å². The minimum atomic E-state index is -0.872. The zero-order chi connectivity index (χ0) is 12.3. The summed E-state index contributed by atoms with van der Waals surface area (Å²) in [5.74, 6) is -0.504. The van der Waals surface area contributed by atoms with Crippen LogP contribution < -0.4 is 0 Å². The van der Waals surface area contributed by atoms with Crippen LogP contribution in [-0.4, -0.2) is 47.7 Å². The first-order valence-corrected chi connectivity index (χ1v) is 6.28. The van der Waals surface area contributed by atoms with Crippen molar-refractivity contribution in [2.45, 2.75) is 38.1 Å². The summed E-state index contributed by atoms with van der Waals surface area (Å²) in [4.78, 5) is 24.6. The zero-order valence-electron chi connectivity index (χ0n) is 9.93. The predicted octanol–water partition coefficient (Wildman–Crippen LogP) is 0.879. The molecule has 5 heteroatoms. The van der Waals surface area contributed by atoms with Crippen molar-refractivity contribution >= 4 is 11.9 Å². The van der Waals surface area contributed by atoms with Crippen LogP contribution in [0.4, 0.5) is 0 Å². The normalized spacial score (nSPS) is 26.1. The lowest BCUT2D eigenvalue weighted by molar-refractivity contribution is -0.148. The quantitative estimate of drug-likeness (QED) is 0.796. The van der Waals surface area contributed by atoms with Gasteiger partial charge in [-0.1, -0.05) is 0 Å². The summed E-state index contributed by atoms with van der Waals surface area (Å²) >= 11 is 0. The first kappa shape index (κ1) is 12.4. The maximum atomic E-state index is 12.1. The Morgan fingerprint density at radius 2 is 1.94 bits per heavy atom. The number of ether oxygens (including phenoxy) is 1. The van der Waals surface area contributed by atoms with Gasteiger partial charge in [0.05, 0.1) is 0 Å². The van der Waals surface area contributed by atoms with Gasteiger partial charge >= 0.3 is 5.97 Å². The number of carbonyl (C=O) groups excluding carboxylic acids is 1. The Bertz CT molecular complexity index is 299. The number of hydrogen-bond acceptors (Lipinski definition) is 3. The molecule has 1 atom stereocenters. The van der Waals surface area contributed by atoms with E-state index in [1.54, 1.807) is 0 Å². The van der Waals surface area contributed by atoms with Crippen LogP contribution in [0.1, 0.15) is 32.1 Å². The molecule has 1 amide bonds. The van der Waals surface area contributed by atoms with Crippen LogP contribution in [0.2, 0.25) is 0 Å². The number of carboxylic acid groups (broad SMARTS) is 1. The Morgan fingerprint density at radius 1 is 1.24 bits per heavy atom. The van der Waals surface area contributed by atoms with Gasteiger partial charge in [-0.3, -0.25) is 4.79 Å². The lowest BCUT2D eigenvalue weighted by Gasteiger charge is -2.26. The number of carboxylic acids is 1. The fourth-order valence-corrected chi connectivity index (χ4v) is 2.64. The van der Waals surface area contributed by atoms with Gasteiger partial charge in [-0.15, -0.1) is 0 Å². The van der Waals surface area contributed by atoms with E-state index in [2.05, 4.69) is 0 Å². The monoisotopic (exact) mass is 241 g/mol. The maximum Gasteiger partial charge on any atom is 0.326 e. The van der Waals surface area contributed by atoms with Crippen molar-refractivity contribution in [2.24, 2.45) is 5.92 Å². The number of amides is 1. The molecule has 0 bridgehead atoms. The van der Waals surface area contributed by atoms with Gasteiger partial charge in [-0.05, 0) is 31.6 Å². The Balaban J connectivity index is 1.88. The van der Waals surface area contributed by atoms with Crippen molar-refractivity contribution in [1.82, 2.24) is 4.90 Å².